The largest absolute Gasteiger partial charge is 0.497 e. The van der Waals surface area contributed by atoms with Crippen molar-refractivity contribution in [3.05, 3.63) is 53.1 Å². The maximum Gasteiger partial charge on any atom is 0.161 e. The predicted octanol–water partition coefficient (Wildman–Crippen LogP) is 4.16. The van der Waals surface area contributed by atoms with E-state index in [1.165, 1.54) is 0 Å². The molecule has 0 amide bonds. The SMILES string of the molecule is COc1ccc(C=CC2=NN=C(C)Cc3cc(OC)c(OC)cc32)c(OC)c1. The zero-order valence-electron chi connectivity index (χ0n) is 16.8. The van der Waals surface area contributed by atoms with Crippen LogP contribution in [0.4, 0.5) is 0 Å². The molecule has 0 unspecified atom stereocenters. The second kappa shape index (κ2) is 8.61. The highest BCUT2D eigenvalue weighted by atomic mass is 16.5. The van der Waals surface area contributed by atoms with Crippen molar-refractivity contribution in [1.29, 1.82) is 0 Å². The van der Waals surface area contributed by atoms with Crippen molar-refractivity contribution < 1.29 is 18.9 Å². The van der Waals surface area contributed by atoms with E-state index in [9.17, 15) is 0 Å². The molecule has 0 N–H and O–H groups in total. The minimum absolute atomic E-state index is 0.656. The monoisotopic (exact) mass is 380 g/mol. The number of allylic oxidation sites excluding steroid dienone is 1. The molecule has 1 aliphatic heterocycles. The van der Waals surface area contributed by atoms with Crippen molar-refractivity contribution in [1.82, 2.24) is 0 Å². The van der Waals surface area contributed by atoms with Crippen LogP contribution in [0.5, 0.6) is 23.0 Å². The van der Waals surface area contributed by atoms with Crippen molar-refractivity contribution in [3.63, 3.8) is 0 Å². The number of rotatable bonds is 6. The van der Waals surface area contributed by atoms with Gasteiger partial charge in [-0.15, -0.1) is 0 Å². The summed E-state index contributed by atoms with van der Waals surface area (Å²) in [6.07, 6.45) is 4.58. The number of ether oxygens (including phenoxy) is 4. The number of nitrogens with zero attached hydrogens (tertiary/aromatic N) is 2. The van der Waals surface area contributed by atoms with Gasteiger partial charge in [-0.3, -0.25) is 0 Å². The Morgan fingerprint density at radius 2 is 1.50 bits per heavy atom. The molecular formula is C22H24N2O4. The highest BCUT2D eigenvalue weighted by Crippen LogP contribution is 2.33. The molecule has 6 heteroatoms. The molecule has 0 saturated carbocycles. The van der Waals surface area contributed by atoms with Gasteiger partial charge in [0.25, 0.3) is 0 Å². The van der Waals surface area contributed by atoms with E-state index in [1.807, 2.05) is 49.4 Å². The van der Waals surface area contributed by atoms with Crippen molar-refractivity contribution in [2.45, 2.75) is 13.3 Å². The highest BCUT2D eigenvalue weighted by Gasteiger charge is 2.17. The summed E-state index contributed by atoms with van der Waals surface area (Å²) in [5, 5.41) is 8.77. The lowest BCUT2D eigenvalue weighted by atomic mass is 9.97. The van der Waals surface area contributed by atoms with Gasteiger partial charge in [0.15, 0.2) is 11.5 Å². The third-order valence-electron chi connectivity index (χ3n) is 4.52. The first-order chi connectivity index (χ1) is 13.6. The summed E-state index contributed by atoms with van der Waals surface area (Å²) in [4.78, 5) is 0. The van der Waals surface area contributed by atoms with Gasteiger partial charge in [0.2, 0.25) is 0 Å². The van der Waals surface area contributed by atoms with Gasteiger partial charge in [-0.2, -0.15) is 10.2 Å². The Kier molecular flexibility index (Phi) is 5.99. The molecule has 2 aromatic carbocycles. The zero-order chi connectivity index (χ0) is 20.1. The molecule has 2 aromatic rings. The minimum Gasteiger partial charge on any atom is -0.497 e. The van der Waals surface area contributed by atoms with Crippen LogP contribution in [-0.2, 0) is 6.42 Å². The molecule has 0 bridgehead atoms. The highest BCUT2D eigenvalue weighted by molar-refractivity contribution is 6.13. The van der Waals surface area contributed by atoms with E-state index in [0.717, 1.165) is 39.6 Å². The molecule has 0 aliphatic carbocycles. The molecule has 1 heterocycles. The fourth-order valence-electron chi connectivity index (χ4n) is 3.06. The topological polar surface area (TPSA) is 61.6 Å². The Bertz CT molecular complexity index is 961. The van der Waals surface area contributed by atoms with Crippen LogP contribution < -0.4 is 18.9 Å². The molecule has 0 aromatic heterocycles. The van der Waals surface area contributed by atoms with Crippen LogP contribution in [0.3, 0.4) is 0 Å². The summed E-state index contributed by atoms with van der Waals surface area (Å²) in [7, 11) is 6.52. The van der Waals surface area contributed by atoms with E-state index in [1.54, 1.807) is 28.4 Å². The molecule has 0 radical (unpaired) electrons. The van der Waals surface area contributed by atoms with Crippen molar-refractivity contribution in [2.24, 2.45) is 10.2 Å². The van der Waals surface area contributed by atoms with Crippen LogP contribution in [-0.4, -0.2) is 39.9 Å². The van der Waals surface area contributed by atoms with Crippen LogP contribution in [0.15, 0.2) is 46.6 Å². The van der Waals surface area contributed by atoms with Crippen LogP contribution in [0, 0.1) is 0 Å². The van der Waals surface area contributed by atoms with Gasteiger partial charge in [-0.25, -0.2) is 0 Å². The first-order valence-corrected chi connectivity index (χ1v) is 8.86. The molecule has 3 rings (SSSR count). The molecule has 28 heavy (non-hydrogen) atoms. The van der Waals surface area contributed by atoms with Crippen molar-refractivity contribution in [2.75, 3.05) is 28.4 Å². The van der Waals surface area contributed by atoms with Gasteiger partial charge in [0.05, 0.1) is 34.2 Å². The lowest BCUT2D eigenvalue weighted by molar-refractivity contribution is 0.354. The van der Waals surface area contributed by atoms with E-state index in [2.05, 4.69) is 10.2 Å². The summed E-state index contributed by atoms with van der Waals surface area (Å²) < 4.78 is 21.6. The zero-order valence-corrected chi connectivity index (χ0v) is 16.8. The smallest absolute Gasteiger partial charge is 0.161 e. The average Bonchev–Trinajstić information content (AvgIpc) is 2.88. The number of fused-ring (bicyclic) bond motifs is 1. The Balaban J connectivity index is 2.04. The molecular weight excluding hydrogens is 356 g/mol. The molecule has 6 nitrogen and oxygen atoms in total. The molecule has 0 saturated heterocycles. The van der Waals surface area contributed by atoms with E-state index in [0.29, 0.717) is 17.9 Å². The fraction of sp³-hybridized carbons (Fsp3) is 0.273. The molecule has 0 atom stereocenters. The van der Waals surface area contributed by atoms with Gasteiger partial charge in [0, 0.05) is 29.3 Å². The van der Waals surface area contributed by atoms with E-state index in [-0.39, 0.29) is 0 Å². The summed E-state index contributed by atoms with van der Waals surface area (Å²) in [6, 6.07) is 9.60. The van der Waals surface area contributed by atoms with Crippen LogP contribution in [0.1, 0.15) is 23.6 Å². The summed E-state index contributed by atoms with van der Waals surface area (Å²) in [5.74, 6) is 2.81. The van der Waals surface area contributed by atoms with Crippen LogP contribution in [0.2, 0.25) is 0 Å². The normalized spacial score (nSPS) is 13.3. The Morgan fingerprint density at radius 3 is 2.18 bits per heavy atom. The fourth-order valence-corrected chi connectivity index (χ4v) is 3.06. The lowest BCUT2D eigenvalue weighted by Gasteiger charge is -2.13. The molecule has 1 aliphatic rings. The maximum atomic E-state index is 5.47. The minimum atomic E-state index is 0.656. The van der Waals surface area contributed by atoms with Crippen LogP contribution in [0.25, 0.3) is 6.08 Å². The van der Waals surface area contributed by atoms with E-state index < -0.39 is 0 Å². The average molecular weight is 380 g/mol. The van der Waals surface area contributed by atoms with Gasteiger partial charge in [-0.05, 0) is 48.9 Å². The van der Waals surface area contributed by atoms with E-state index in [4.69, 9.17) is 18.9 Å². The third-order valence-corrected chi connectivity index (χ3v) is 4.52. The summed E-state index contributed by atoms with van der Waals surface area (Å²) in [5.41, 5.74) is 4.63. The van der Waals surface area contributed by atoms with E-state index >= 15 is 0 Å². The molecule has 146 valence electrons. The van der Waals surface area contributed by atoms with Gasteiger partial charge in [-0.1, -0.05) is 0 Å². The second-order valence-corrected chi connectivity index (χ2v) is 6.30. The second-order valence-electron chi connectivity index (χ2n) is 6.30. The summed E-state index contributed by atoms with van der Waals surface area (Å²) in [6.45, 7) is 1.96. The Hall–Kier alpha value is -3.28. The van der Waals surface area contributed by atoms with Gasteiger partial charge < -0.3 is 18.9 Å². The standard InChI is InChI=1S/C22H24N2O4/c1-14-10-16-11-21(27-4)22(28-5)13-18(16)19(24-23-14)9-7-15-6-8-17(25-2)12-20(15)26-3/h6-9,11-13H,10H2,1-5H3. The van der Waals surface area contributed by atoms with Crippen molar-refractivity contribution in [3.8, 4) is 23.0 Å². The third kappa shape index (κ3) is 4.01. The number of hydrogen-bond donors (Lipinski definition) is 0. The van der Waals surface area contributed by atoms with Crippen molar-refractivity contribution >= 4 is 17.5 Å². The molecule has 0 spiro atoms. The maximum absolute atomic E-state index is 5.47. The molecule has 0 fully saturated rings. The van der Waals surface area contributed by atoms with Gasteiger partial charge in [0.1, 0.15) is 11.5 Å². The van der Waals surface area contributed by atoms with Gasteiger partial charge >= 0.3 is 0 Å². The Morgan fingerprint density at radius 1 is 0.786 bits per heavy atom. The first kappa shape index (κ1) is 19.5. The predicted molar refractivity (Wildman–Crippen MR) is 111 cm³/mol. The Labute approximate surface area is 165 Å². The number of hydrogen-bond acceptors (Lipinski definition) is 6. The number of benzene rings is 2. The number of methoxy groups -OCH3 is 4. The lowest BCUT2D eigenvalue weighted by Crippen LogP contribution is -2.05. The van der Waals surface area contributed by atoms with Crippen LogP contribution >= 0.6 is 0 Å². The first-order valence-electron chi connectivity index (χ1n) is 8.86. The summed E-state index contributed by atoms with van der Waals surface area (Å²) >= 11 is 0. The quantitative estimate of drug-likeness (QED) is 0.755.